The predicted octanol–water partition coefficient (Wildman–Crippen LogP) is 1.09. The highest BCUT2D eigenvalue weighted by molar-refractivity contribution is 7.91. The Labute approximate surface area is 105 Å². The van der Waals surface area contributed by atoms with Gasteiger partial charge in [-0.2, -0.15) is 0 Å². The Balaban J connectivity index is 2.30. The lowest BCUT2D eigenvalue weighted by molar-refractivity contribution is 0.157. The standard InChI is InChI=1S/C12H25NO3S/c1-3-11(14)7-8-13-10-5-4-6-12(9-10)17(2,15)16/h10-14H,3-9H2,1-2H3. The summed E-state index contributed by atoms with van der Waals surface area (Å²) in [6.07, 6.45) is 6.17. The molecule has 5 heteroatoms. The van der Waals surface area contributed by atoms with Crippen LogP contribution in [0.2, 0.25) is 0 Å². The summed E-state index contributed by atoms with van der Waals surface area (Å²) in [5.74, 6) is 0. The number of sulfone groups is 1. The average Bonchev–Trinajstić information content (AvgIpc) is 2.28. The lowest BCUT2D eigenvalue weighted by atomic mass is 9.95. The molecule has 1 saturated carbocycles. The highest BCUT2D eigenvalue weighted by Gasteiger charge is 2.28. The lowest BCUT2D eigenvalue weighted by Crippen LogP contribution is -2.39. The van der Waals surface area contributed by atoms with Gasteiger partial charge >= 0.3 is 0 Å². The number of aliphatic hydroxyl groups is 1. The summed E-state index contributed by atoms with van der Waals surface area (Å²) < 4.78 is 23.0. The molecule has 0 aliphatic heterocycles. The van der Waals surface area contributed by atoms with Gasteiger partial charge in [-0.3, -0.25) is 0 Å². The maximum Gasteiger partial charge on any atom is 0.150 e. The Morgan fingerprint density at radius 3 is 2.71 bits per heavy atom. The molecule has 0 aromatic carbocycles. The van der Waals surface area contributed by atoms with Crippen molar-refractivity contribution in [2.24, 2.45) is 0 Å². The molecule has 17 heavy (non-hydrogen) atoms. The molecule has 0 radical (unpaired) electrons. The third-order valence-electron chi connectivity index (χ3n) is 3.61. The van der Waals surface area contributed by atoms with Gasteiger partial charge < -0.3 is 10.4 Å². The van der Waals surface area contributed by atoms with E-state index in [1.54, 1.807) is 0 Å². The first-order chi connectivity index (χ1) is 7.93. The largest absolute Gasteiger partial charge is 0.393 e. The highest BCUT2D eigenvalue weighted by atomic mass is 32.2. The van der Waals surface area contributed by atoms with Gasteiger partial charge in [0.05, 0.1) is 11.4 Å². The molecule has 3 atom stereocenters. The second kappa shape index (κ2) is 6.71. The van der Waals surface area contributed by atoms with Gasteiger partial charge in [0.25, 0.3) is 0 Å². The lowest BCUT2D eigenvalue weighted by Gasteiger charge is -2.29. The molecule has 0 bridgehead atoms. The van der Waals surface area contributed by atoms with E-state index in [1.165, 1.54) is 6.26 Å². The zero-order valence-electron chi connectivity index (χ0n) is 10.9. The third-order valence-corrected chi connectivity index (χ3v) is 5.25. The average molecular weight is 263 g/mol. The van der Waals surface area contributed by atoms with E-state index in [-0.39, 0.29) is 11.4 Å². The van der Waals surface area contributed by atoms with Crippen LogP contribution >= 0.6 is 0 Å². The molecule has 0 amide bonds. The smallest absolute Gasteiger partial charge is 0.150 e. The van der Waals surface area contributed by atoms with Crippen LogP contribution < -0.4 is 5.32 Å². The highest BCUT2D eigenvalue weighted by Crippen LogP contribution is 2.23. The third kappa shape index (κ3) is 5.36. The van der Waals surface area contributed by atoms with Crippen LogP contribution in [0.1, 0.15) is 45.4 Å². The summed E-state index contributed by atoms with van der Waals surface area (Å²) in [5, 5.41) is 12.6. The minimum atomic E-state index is -2.89. The van der Waals surface area contributed by atoms with E-state index < -0.39 is 9.84 Å². The van der Waals surface area contributed by atoms with Gasteiger partial charge in [-0.25, -0.2) is 8.42 Å². The second-order valence-electron chi connectivity index (χ2n) is 5.12. The van der Waals surface area contributed by atoms with Crippen molar-refractivity contribution in [2.45, 2.75) is 62.8 Å². The van der Waals surface area contributed by atoms with Crippen molar-refractivity contribution in [1.82, 2.24) is 5.32 Å². The molecule has 102 valence electrons. The van der Waals surface area contributed by atoms with Gasteiger partial charge in [0.2, 0.25) is 0 Å². The Bertz CT molecular complexity index is 316. The Hall–Kier alpha value is -0.130. The van der Waals surface area contributed by atoms with Crippen LogP contribution in [0, 0.1) is 0 Å². The van der Waals surface area contributed by atoms with Crippen LogP contribution in [0.5, 0.6) is 0 Å². The van der Waals surface area contributed by atoms with Gasteiger partial charge in [-0.1, -0.05) is 13.3 Å². The number of nitrogens with one attached hydrogen (secondary N) is 1. The molecular weight excluding hydrogens is 238 g/mol. The molecule has 1 aliphatic rings. The van der Waals surface area contributed by atoms with Crippen LogP contribution in [-0.4, -0.2) is 43.7 Å². The van der Waals surface area contributed by atoms with Crippen LogP contribution in [0.25, 0.3) is 0 Å². The summed E-state index contributed by atoms with van der Waals surface area (Å²) in [6, 6.07) is 0.299. The van der Waals surface area contributed by atoms with Crippen LogP contribution in [-0.2, 0) is 9.84 Å². The van der Waals surface area contributed by atoms with Crippen molar-refractivity contribution in [3.8, 4) is 0 Å². The van der Waals surface area contributed by atoms with Gasteiger partial charge in [0.1, 0.15) is 9.84 Å². The normalized spacial score (nSPS) is 27.9. The fourth-order valence-corrected chi connectivity index (χ4v) is 3.55. The summed E-state index contributed by atoms with van der Waals surface area (Å²) in [7, 11) is -2.89. The zero-order valence-corrected chi connectivity index (χ0v) is 11.7. The predicted molar refractivity (Wildman–Crippen MR) is 69.8 cm³/mol. The summed E-state index contributed by atoms with van der Waals surface area (Å²) in [6.45, 7) is 2.74. The molecule has 0 heterocycles. The van der Waals surface area contributed by atoms with Crippen LogP contribution in [0.15, 0.2) is 0 Å². The first kappa shape index (κ1) is 14.9. The minimum absolute atomic E-state index is 0.176. The molecule has 0 aromatic rings. The van der Waals surface area contributed by atoms with E-state index in [4.69, 9.17) is 0 Å². The summed E-state index contributed by atoms with van der Waals surface area (Å²) in [4.78, 5) is 0. The fraction of sp³-hybridized carbons (Fsp3) is 1.00. The van der Waals surface area contributed by atoms with Crippen molar-refractivity contribution < 1.29 is 13.5 Å². The minimum Gasteiger partial charge on any atom is -0.393 e. The molecule has 1 rings (SSSR count). The summed E-state index contributed by atoms with van der Waals surface area (Å²) >= 11 is 0. The Kier molecular flexibility index (Phi) is 5.89. The first-order valence-electron chi connectivity index (χ1n) is 6.53. The van der Waals surface area contributed by atoms with E-state index in [9.17, 15) is 13.5 Å². The van der Waals surface area contributed by atoms with Crippen LogP contribution in [0.3, 0.4) is 0 Å². The van der Waals surface area contributed by atoms with E-state index in [1.807, 2.05) is 6.92 Å². The van der Waals surface area contributed by atoms with Crippen molar-refractivity contribution >= 4 is 9.84 Å². The number of aliphatic hydroxyl groups excluding tert-OH is 1. The van der Waals surface area contributed by atoms with Crippen LogP contribution in [0.4, 0.5) is 0 Å². The van der Waals surface area contributed by atoms with Crippen molar-refractivity contribution in [1.29, 1.82) is 0 Å². The van der Waals surface area contributed by atoms with E-state index in [2.05, 4.69) is 5.32 Å². The maximum atomic E-state index is 11.5. The van der Waals surface area contributed by atoms with E-state index >= 15 is 0 Å². The van der Waals surface area contributed by atoms with Gasteiger partial charge in [-0.15, -0.1) is 0 Å². The molecule has 2 N–H and O–H groups in total. The molecular formula is C12H25NO3S. The molecule has 3 unspecified atom stereocenters. The topological polar surface area (TPSA) is 66.4 Å². The molecule has 1 aliphatic carbocycles. The van der Waals surface area contributed by atoms with E-state index in [0.717, 1.165) is 45.1 Å². The number of hydrogen-bond donors (Lipinski definition) is 2. The number of rotatable bonds is 6. The van der Waals surface area contributed by atoms with Gasteiger partial charge in [-0.05, 0) is 38.6 Å². The molecule has 0 saturated heterocycles. The quantitative estimate of drug-likeness (QED) is 0.753. The Morgan fingerprint density at radius 1 is 1.41 bits per heavy atom. The maximum absolute atomic E-state index is 11.5. The Morgan fingerprint density at radius 2 is 2.12 bits per heavy atom. The van der Waals surface area contributed by atoms with Gasteiger partial charge in [0, 0.05) is 12.3 Å². The fourth-order valence-electron chi connectivity index (χ4n) is 2.38. The second-order valence-corrected chi connectivity index (χ2v) is 7.45. The SMILES string of the molecule is CCC(O)CCNC1CCCC(S(C)(=O)=O)C1. The van der Waals surface area contributed by atoms with Gasteiger partial charge in [0.15, 0.2) is 0 Å². The van der Waals surface area contributed by atoms with E-state index in [0.29, 0.717) is 6.04 Å². The van der Waals surface area contributed by atoms with Crippen molar-refractivity contribution in [3.05, 3.63) is 0 Å². The van der Waals surface area contributed by atoms with Crippen molar-refractivity contribution in [2.75, 3.05) is 12.8 Å². The molecule has 1 fully saturated rings. The zero-order chi connectivity index (χ0) is 12.9. The monoisotopic (exact) mass is 263 g/mol. The molecule has 0 aromatic heterocycles. The summed E-state index contributed by atoms with van der Waals surface area (Å²) in [5.41, 5.74) is 0. The molecule has 0 spiro atoms. The first-order valence-corrected chi connectivity index (χ1v) is 8.49. The molecule has 4 nitrogen and oxygen atoms in total. The number of hydrogen-bond acceptors (Lipinski definition) is 4. The van der Waals surface area contributed by atoms with Crippen molar-refractivity contribution in [3.63, 3.8) is 0 Å².